The van der Waals surface area contributed by atoms with Gasteiger partial charge in [-0.25, -0.2) is 14.1 Å². The molecule has 3 aromatic rings. The molecular formula is C21H26N6O4. The number of piperidine rings is 1. The van der Waals surface area contributed by atoms with E-state index in [0.29, 0.717) is 54.7 Å². The van der Waals surface area contributed by atoms with Gasteiger partial charge in [-0.2, -0.15) is 5.10 Å². The second-order valence-electron chi connectivity index (χ2n) is 7.80. The quantitative estimate of drug-likeness (QED) is 0.466. The maximum Gasteiger partial charge on any atom is 0.407 e. The zero-order valence-corrected chi connectivity index (χ0v) is 17.4. The summed E-state index contributed by atoms with van der Waals surface area (Å²) in [6, 6.07) is 6.64. The average Bonchev–Trinajstić information content (AvgIpc) is 3.13. The number of amides is 3. The van der Waals surface area contributed by atoms with Crippen molar-refractivity contribution in [1.82, 2.24) is 24.8 Å². The lowest BCUT2D eigenvalue weighted by atomic mass is 9.93. The highest BCUT2D eigenvalue weighted by Crippen LogP contribution is 2.31. The lowest BCUT2D eigenvalue weighted by Crippen LogP contribution is -2.37. The minimum atomic E-state index is -0.924. The summed E-state index contributed by atoms with van der Waals surface area (Å²) in [4.78, 5) is 40.2. The Morgan fingerprint density at radius 3 is 2.77 bits per heavy atom. The Labute approximate surface area is 178 Å². The third-order valence-electron chi connectivity index (χ3n) is 5.71. The van der Waals surface area contributed by atoms with E-state index in [9.17, 15) is 19.5 Å². The summed E-state index contributed by atoms with van der Waals surface area (Å²) in [6.07, 6.45) is 2.19. The molecule has 1 saturated heterocycles. The molecule has 4 N–H and O–H groups in total. The summed E-state index contributed by atoms with van der Waals surface area (Å²) >= 11 is 0. The summed E-state index contributed by atoms with van der Waals surface area (Å²) in [6.45, 7) is 3.47. The summed E-state index contributed by atoms with van der Waals surface area (Å²) in [5.41, 5.74) is 2.22. The van der Waals surface area contributed by atoms with Crippen LogP contribution in [0.2, 0.25) is 0 Å². The van der Waals surface area contributed by atoms with Gasteiger partial charge in [0.1, 0.15) is 5.65 Å². The molecule has 0 radical (unpaired) electrons. The van der Waals surface area contributed by atoms with E-state index in [1.807, 2.05) is 6.07 Å². The first kappa shape index (κ1) is 20.7. The lowest BCUT2D eigenvalue weighted by Gasteiger charge is -2.30. The maximum absolute atomic E-state index is 12.5. The fourth-order valence-electron chi connectivity index (χ4n) is 4.09. The molecule has 0 aliphatic carbocycles. The molecule has 164 valence electrons. The number of nitrogens with one attached hydrogen (secondary N) is 3. The standard InChI is InChI=1S/C21H26N6O4/c1-2-3-9-22-20(29)23-14-5-4-6-15-18(14)19-24-17(28)12-16(27(19)25-15)13-7-10-26(11-8-13)21(30)31/h4-6,12-13H,2-3,7-11H2,1H3,(H,24,28)(H,30,31)(H2,22,23,29). The van der Waals surface area contributed by atoms with Crippen molar-refractivity contribution in [3.63, 3.8) is 0 Å². The molecule has 1 fully saturated rings. The van der Waals surface area contributed by atoms with Gasteiger partial charge in [0.15, 0.2) is 0 Å². The zero-order valence-electron chi connectivity index (χ0n) is 17.4. The van der Waals surface area contributed by atoms with Crippen LogP contribution in [0.3, 0.4) is 0 Å². The van der Waals surface area contributed by atoms with E-state index in [1.54, 1.807) is 16.6 Å². The van der Waals surface area contributed by atoms with Crippen LogP contribution in [-0.4, -0.2) is 56.4 Å². The number of rotatable bonds is 5. The molecule has 2 aromatic heterocycles. The Morgan fingerprint density at radius 2 is 2.06 bits per heavy atom. The third kappa shape index (κ3) is 4.18. The van der Waals surface area contributed by atoms with Crippen LogP contribution in [0.25, 0.3) is 16.6 Å². The molecule has 1 aromatic carbocycles. The number of benzene rings is 1. The van der Waals surface area contributed by atoms with Crippen molar-refractivity contribution in [3.8, 4) is 0 Å². The number of carbonyl (C=O) groups is 2. The largest absolute Gasteiger partial charge is 0.465 e. The molecule has 3 amide bonds. The van der Waals surface area contributed by atoms with Crippen LogP contribution >= 0.6 is 0 Å². The first-order valence-corrected chi connectivity index (χ1v) is 10.6. The molecular weight excluding hydrogens is 400 g/mol. The predicted molar refractivity (Wildman–Crippen MR) is 117 cm³/mol. The number of aromatic nitrogens is 3. The fraction of sp³-hybridized carbons (Fsp3) is 0.429. The Balaban J connectivity index is 1.70. The fourth-order valence-corrected chi connectivity index (χ4v) is 4.09. The van der Waals surface area contributed by atoms with E-state index in [0.717, 1.165) is 18.5 Å². The molecule has 31 heavy (non-hydrogen) atoms. The number of nitrogens with zero attached hydrogens (tertiary/aromatic N) is 3. The van der Waals surface area contributed by atoms with Crippen LogP contribution in [0.1, 0.15) is 44.2 Å². The van der Waals surface area contributed by atoms with Crippen molar-refractivity contribution in [2.75, 3.05) is 25.0 Å². The highest BCUT2D eigenvalue weighted by Gasteiger charge is 2.26. The molecule has 4 rings (SSSR count). The van der Waals surface area contributed by atoms with Gasteiger partial charge < -0.3 is 25.6 Å². The van der Waals surface area contributed by atoms with Gasteiger partial charge in [0.2, 0.25) is 0 Å². The van der Waals surface area contributed by atoms with E-state index in [4.69, 9.17) is 0 Å². The SMILES string of the molecule is CCCCNC(=O)Nc1cccc2nn3c(C4CCN(C(=O)O)CC4)cc(=O)[nH]c3c12. The number of likely N-dealkylation sites (tertiary alicyclic amines) is 1. The Morgan fingerprint density at radius 1 is 1.29 bits per heavy atom. The van der Waals surface area contributed by atoms with Crippen molar-refractivity contribution in [2.24, 2.45) is 0 Å². The number of hydrogen-bond acceptors (Lipinski definition) is 4. The summed E-state index contributed by atoms with van der Waals surface area (Å²) in [5.74, 6) is 0.0171. The molecule has 0 atom stereocenters. The normalized spacial score (nSPS) is 14.8. The lowest BCUT2D eigenvalue weighted by molar-refractivity contribution is 0.131. The molecule has 3 heterocycles. The number of fused-ring (bicyclic) bond motifs is 3. The third-order valence-corrected chi connectivity index (χ3v) is 5.71. The van der Waals surface area contributed by atoms with Gasteiger partial charge in [0, 0.05) is 31.6 Å². The van der Waals surface area contributed by atoms with Crippen LogP contribution in [0.4, 0.5) is 15.3 Å². The molecule has 0 saturated carbocycles. The van der Waals surface area contributed by atoms with Gasteiger partial charge in [-0.05, 0) is 31.4 Å². The summed E-state index contributed by atoms with van der Waals surface area (Å²) < 4.78 is 1.72. The van der Waals surface area contributed by atoms with E-state index >= 15 is 0 Å². The second-order valence-corrected chi connectivity index (χ2v) is 7.80. The van der Waals surface area contributed by atoms with Crippen molar-refractivity contribution in [3.05, 3.63) is 40.3 Å². The monoisotopic (exact) mass is 426 g/mol. The van der Waals surface area contributed by atoms with Crippen molar-refractivity contribution in [1.29, 1.82) is 0 Å². The predicted octanol–water partition coefficient (Wildman–Crippen LogP) is 2.95. The van der Waals surface area contributed by atoms with Crippen LogP contribution in [-0.2, 0) is 0 Å². The highest BCUT2D eigenvalue weighted by atomic mass is 16.4. The summed E-state index contributed by atoms with van der Waals surface area (Å²) in [5, 5.41) is 20.2. The minimum absolute atomic E-state index is 0.0171. The molecule has 1 aliphatic rings. The van der Waals surface area contributed by atoms with E-state index in [2.05, 4.69) is 27.6 Å². The number of hydrogen-bond donors (Lipinski definition) is 4. The molecule has 10 heteroatoms. The van der Waals surface area contributed by atoms with Crippen LogP contribution < -0.4 is 16.2 Å². The van der Waals surface area contributed by atoms with Gasteiger partial charge in [-0.15, -0.1) is 0 Å². The first-order chi connectivity index (χ1) is 15.0. The number of aromatic amines is 1. The zero-order chi connectivity index (χ0) is 22.0. The van der Waals surface area contributed by atoms with Gasteiger partial charge in [-0.1, -0.05) is 19.4 Å². The number of unbranched alkanes of at least 4 members (excludes halogenated alkanes) is 1. The molecule has 10 nitrogen and oxygen atoms in total. The molecule has 0 spiro atoms. The molecule has 1 aliphatic heterocycles. The van der Waals surface area contributed by atoms with Crippen LogP contribution in [0.15, 0.2) is 29.1 Å². The average molecular weight is 426 g/mol. The number of carboxylic acid groups (broad SMARTS) is 1. The number of anilines is 1. The van der Waals surface area contributed by atoms with Crippen molar-refractivity contribution in [2.45, 2.75) is 38.5 Å². The van der Waals surface area contributed by atoms with E-state index in [-0.39, 0.29) is 17.5 Å². The van der Waals surface area contributed by atoms with Gasteiger partial charge in [-0.3, -0.25) is 4.79 Å². The Hall–Kier alpha value is -3.56. The van der Waals surface area contributed by atoms with E-state index in [1.165, 1.54) is 11.0 Å². The van der Waals surface area contributed by atoms with Gasteiger partial charge in [0.25, 0.3) is 5.56 Å². The van der Waals surface area contributed by atoms with Crippen LogP contribution in [0.5, 0.6) is 0 Å². The highest BCUT2D eigenvalue weighted by molar-refractivity contribution is 6.07. The second kappa shape index (κ2) is 8.66. The number of urea groups is 1. The molecule has 0 unspecified atom stereocenters. The minimum Gasteiger partial charge on any atom is -0.465 e. The van der Waals surface area contributed by atoms with Gasteiger partial charge in [0.05, 0.1) is 22.3 Å². The Bertz CT molecular complexity index is 1180. The van der Waals surface area contributed by atoms with Crippen molar-refractivity contribution >= 4 is 34.4 Å². The molecule has 0 bridgehead atoms. The van der Waals surface area contributed by atoms with E-state index < -0.39 is 6.09 Å². The summed E-state index contributed by atoms with van der Waals surface area (Å²) in [7, 11) is 0. The van der Waals surface area contributed by atoms with Crippen LogP contribution in [0, 0.1) is 0 Å². The van der Waals surface area contributed by atoms with Gasteiger partial charge >= 0.3 is 12.1 Å². The Kier molecular flexibility index (Phi) is 5.79. The number of carbonyl (C=O) groups excluding carboxylic acids is 1. The smallest absolute Gasteiger partial charge is 0.407 e. The number of H-pyrrole nitrogens is 1. The topological polar surface area (TPSA) is 132 Å². The maximum atomic E-state index is 12.5. The first-order valence-electron chi connectivity index (χ1n) is 10.6. The van der Waals surface area contributed by atoms with Crippen molar-refractivity contribution < 1.29 is 14.7 Å².